The summed E-state index contributed by atoms with van der Waals surface area (Å²) >= 11 is 5.79. The Morgan fingerprint density at radius 3 is 2.56 bits per heavy atom. The number of ether oxygens (including phenoxy) is 1. The van der Waals surface area contributed by atoms with Gasteiger partial charge in [-0.25, -0.2) is 9.37 Å². The zero-order valence-electron chi connectivity index (χ0n) is 15.4. The molecule has 0 aliphatic rings. The molecule has 1 heterocycles. The molecule has 0 saturated heterocycles. The topological polar surface area (TPSA) is 58.5 Å². The normalized spacial score (nSPS) is 12.2. The van der Waals surface area contributed by atoms with Gasteiger partial charge in [0.2, 0.25) is 0 Å². The number of benzene rings is 1. The van der Waals surface area contributed by atoms with Crippen LogP contribution in [0.3, 0.4) is 0 Å². The molecule has 2 N–H and O–H groups in total. The summed E-state index contributed by atoms with van der Waals surface area (Å²) in [5.41, 5.74) is 1.99. The van der Waals surface area contributed by atoms with Crippen LogP contribution in [0.2, 0.25) is 5.15 Å². The van der Waals surface area contributed by atoms with Gasteiger partial charge in [-0.3, -0.25) is 4.99 Å². The number of rotatable bonds is 8. The van der Waals surface area contributed by atoms with Gasteiger partial charge in [-0.1, -0.05) is 29.8 Å². The Kier molecular flexibility index (Phi) is 11.2. The summed E-state index contributed by atoms with van der Waals surface area (Å²) in [5, 5.41) is 6.98. The highest BCUT2D eigenvalue weighted by Crippen LogP contribution is 2.17. The molecule has 27 heavy (non-hydrogen) atoms. The van der Waals surface area contributed by atoms with Crippen molar-refractivity contribution in [2.75, 3.05) is 26.7 Å². The highest BCUT2D eigenvalue weighted by molar-refractivity contribution is 14.0. The number of aromatic nitrogens is 1. The predicted octanol–water partition coefficient (Wildman–Crippen LogP) is 3.98. The first-order chi connectivity index (χ1) is 12.6. The first-order valence-corrected chi connectivity index (χ1v) is 8.91. The van der Waals surface area contributed by atoms with Crippen LogP contribution in [0.1, 0.15) is 24.2 Å². The maximum absolute atomic E-state index is 13.1. The van der Waals surface area contributed by atoms with Gasteiger partial charge in [0.05, 0.1) is 6.54 Å². The zero-order valence-corrected chi connectivity index (χ0v) is 18.5. The molecule has 0 saturated carbocycles. The van der Waals surface area contributed by atoms with Crippen molar-refractivity contribution < 1.29 is 9.13 Å². The van der Waals surface area contributed by atoms with Crippen LogP contribution in [0.4, 0.5) is 4.39 Å². The number of aliphatic imine (C=N–C) groups is 1. The Hall–Kier alpha value is -1.45. The number of nitrogens with zero attached hydrogens (tertiary/aromatic N) is 2. The van der Waals surface area contributed by atoms with E-state index in [2.05, 4.69) is 20.6 Å². The molecule has 148 valence electrons. The van der Waals surface area contributed by atoms with Gasteiger partial charge in [0.25, 0.3) is 0 Å². The third kappa shape index (κ3) is 8.40. The Labute approximate surface area is 181 Å². The molecule has 8 heteroatoms. The maximum Gasteiger partial charge on any atom is 0.191 e. The lowest BCUT2D eigenvalue weighted by atomic mass is 10.1. The van der Waals surface area contributed by atoms with E-state index in [-0.39, 0.29) is 35.9 Å². The van der Waals surface area contributed by atoms with Crippen LogP contribution < -0.4 is 10.6 Å². The van der Waals surface area contributed by atoms with Crippen molar-refractivity contribution in [3.05, 3.63) is 64.7 Å². The summed E-state index contributed by atoms with van der Waals surface area (Å²) < 4.78 is 18.6. The number of halogens is 3. The number of hydrogen-bond acceptors (Lipinski definition) is 3. The molecule has 1 unspecified atom stereocenters. The summed E-state index contributed by atoms with van der Waals surface area (Å²) in [7, 11) is 1.62. The number of guanidine groups is 1. The van der Waals surface area contributed by atoms with Crippen LogP contribution in [0.5, 0.6) is 0 Å². The summed E-state index contributed by atoms with van der Waals surface area (Å²) in [5.74, 6) is 0.442. The van der Waals surface area contributed by atoms with Crippen molar-refractivity contribution in [2.45, 2.75) is 19.4 Å². The van der Waals surface area contributed by atoms with Crippen molar-refractivity contribution in [2.24, 2.45) is 4.99 Å². The average molecular weight is 507 g/mol. The van der Waals surface area contributed by atoms with E-state index in [1.807, 2.05) is 13.0 Å². The van der Waals surface area contributed by atoms with Crippen molar-refractivity contribution in [1.82, 2.24) is 15.6 Å². The molecule has 0 aliphatic carbocycles. The van der Waals surface area contributed by atoms with E-state index in [4.69, 9.17) is 16.3 Å². The predicted molar refractivity (Wildman–Crippen MR) is 118 cm³/mol. The quantitative estimate of drug-likeness (QED) is 0.246. The summed E-state index contributed by atoms with van der Waals surface area (Å²) in [6.45, 7) is 3.90. The molecule has 2 rings (SSSR count). The molecule has 0 fully saturated rings. The monoisotopic (exact) mass is 506 g/mol. The van der Waals surface area contributed by atoms with Crippen LogP contribution in [-0.4, -0.2) is 37.7 Å². The molecule has 0 amide bonds. The second-order valence-corrected chi connectivity index (χ2v) is 6.05. The van der Waals surface area contributed by atoms with Crippen molar-refractivity contribution in [3.8, 4) is 0 Å². The number of hydrogen-bond donors (Lipinski definition) is 2. The fourth-order valence-corrected chi connectivity index (χ4v) is 2.50. The van der Waals surface area contributed by atoms with Gasteiger partial charge in [-0.05, 0) is 42.7 Å². The van der Waals surface area contributed by atoms with Crippen LogP contribution in [0.15, 0.2) is 47.6 Å². The molecule has 0 bridgehead atoms. The lowest BCUT2D eigenvalue weighted by Gasteiger charge is -2.16. The maximum atomic E-state index is 13.1. The standard InChI is InChI=1S/C19H24ClFN4O.HI/c1-3-22-19(23-11-10-14-4-9-18(20)24-12-14)25-13-17(26-2)15-5-7-16(21)8-6-15;/h4-9,12,17H,3,10-11,13H2,1-2H3,(H2,22,23,25);1H. The zero-order chi connectivity index (χ0) is 18.8. The largest absolute Gasteiger partial charge is 0.375 e. The van der Waals surface area contributed by atoms with Crippen LogP contribution >= 0.6 is 35.6 Å². The lowest BCUT2D eigenvalue weighted by molar-refractivity contribution is 0.111. The molecule has 0 radical (unpaired) electrons. The molecule has 5 nitrogen and oxygen atoms in total. The SMILES string of the molecule is CCNC(=NCC(OC)c1ccc(F)cc1)NCCc1ccc(Cl)nc1.I. The minimum absolute atomic E-state index is 0. The van der Waals surface area contributed by atoms with Gasteiger partial charge in [0.1, 0.15) is 17.1 Å². The van der Waals surface area contributed by atoms with Crippen LogP contribution in [-0.2, 0) is 11.2 Å². The first kappa shape index (κ1) is 23.6. The van der Waals surface area contributed by atoms with Gasteiger partial charge >= 0.3 is 0 Å². The van der Waals surface area contributed by atoms with E-state index in [0.717, 1.165) is 24.1 Å². The van der Waals surface area contributed by atoms with E-state index in [9.17, 15) is 4.39 Å². The van der Waals surface area contributed by atoms with Gasteiger partial charge < -0.3 is 15.4 Å². The van der Waals surface area contributed by atoms with Crippen LogP contribution in [0.25, 0.3) is 0 Å². The molecule has 0 spiro atoms. The average Bonchev–Trinajstić information content (AvgIpc) is 2.65. The van der Waals surface area contributed by atoms with Gasteiger partial charge in [-0.15, -0.1) is 24.0 Å². The second kappa shape index (κ2) is 12.9. The van der Waals surface area contributed by atoms with Crippen LogP contribution in [0, 0.1) is 5.82 Å². The number of nitrogens with one attached hydrogen (secondary N) is 2. The lowest BCUT2D eigenvalue weighted by Crippen LogP contribution is -2.38. The highest BCUT2D eigenvalue weighted by Gasteiger charge is 2.10. The van der Waals surface area contributed by atoms with Crippen molar-refractivity contribution in [1.29, 1.82) is 0 Å². The van der Waals surface area contributed by atoms with E-state index >= 15 is 0 Å². The van der Waals surface area contributed by atoms with E-state index in [1.165, 1.54) is 12.1 Å². The van der Waals surface area contributed by atoms with Gasteiger partial charge in [0, 0.05) is 26.4 Å². The Balaban J connectivity index is 0.00000364. The fraction of sp³-hybridized carbons (Fsp3) is 0.368. The summed E-state index contributed by atoms with van der Waals surface area (Å²) in [6.07, 6.45) is 2.34. The molecular weight excluding hydrogens is 482 g/mol. The van der Waals surface area contributed by atoms with E-state index in [1.54, 1.807) is 31.5 Å². The highest BCUT2D eigenvalue weighted by atomic mass is 127. The molecule has 1 aromatic carbocycles. The number of methoxy groups -OCH3 is 1. The minimum Gasteiger partial charge on any atom is -0.375 e. The fourth-order valence-electron chi connectivity index (χ4n) is 2.39. The van der Waals surface area contributed by atoms with E-state index < -0.39 is 0 Å². The van der Waals surface area contributed by atoms with Crippen molar-refractivity contribution >= 4 is 41.5 Å². The Morgan fingerprint density at radius 1 is 1.22 bits per heavy atom. The van der Waals surface area contributed by atoms with Gasteiger partial charge in [-0.2, -0.15) is 0 Å². The van der Waals surface area contributed by atoms with Crippen molar-refractivity contribution in [3.63, 3.8) is 0 Å². The Bertz CT molecular complexity index is 698. The third-order valence-electron chi connectivity index (χ3n) is 3.78. The Morgan fingerprint density at radius 2 is 1.96 bits per heavy atom. The minimum atomic E-state index is -0.265. The third-order valence-corrected chi connectivity index (χ3v) is 4.00. The van der Waals surface area contributed by atoms with E-state index in [0.29, 0.717) is 24.2 Å². The molecule has 1 aromatic heterocycles. The molecular formula is C19H25ClFIN4O. The summed E-state index contributed by atoms with van der Waals surface area (Å²) in [4.78, 5) is 8.64. The number of pyridine rings is 1. The molecule has 2 aromatic rings. The van der Waals surface area contributed by atoms with Gasteiger partial charge in [0.15, 0.2) is 5.96 Å². The molecule has 0 aliphatic heterocycles. The smallest absolute Gasteiger partial charge is 0.191 e. The second-order valence-electron chi connectivity index (χ2n) is 5.66. The summed E-state index contributed by atoms with van der Waals surface area (Å²) in [6, 6.07) is 10.0. The molecule has 1 atom stereocenters. The first-order valence-electron chi connectivity index (χ1n) is 8.53.